The van der Waals surface area contributed by atoms with Gasteiger partial charge in [-0.15, -0.1) is 11.3 Å². The zero-order valence-corrected chi connectivity index (χ0v) is 16.7. The summed E-state index contributed by atoms with van der Waals surface area (Å²) in [5, 5.41) is 17.6. The van der Waals surface area contributed by atoms with Crippen molar-refractivity contribution < 1.29 is 5.11 Å². The van der Waals surface area contributed by atoms with Gasteiger partial charge < -0.3 is 10.0 Å². The highest BCUT2D eigenvalue weighted by atomic mass is 32.1. The van der Waals surface area contributed by atoms with Crippen molar-refractivity contribution in [2.45, 2.75) is 58.0 Å². The van der Waals surface area contributed by atoms with Crippen molar-refractivity contribution in [1.29, 1.82) is 0 Å². The maximum absolute atomic E-state index is 10.5. The minimum absolute atomic E-state index is 0.373. The molecule has 2 aliphatic rings. The summed E-state index contributed by atoms with van der Waals surface area (Å²) in [5.74, 6) is 0.423. The molecule has 0 radical (unpaired) electrons. The fourth-order valence-corrected chi connectivity index (χ4v) is 4.93. The minimum atomic E-state index is -0.373. The second kappa shape index (κ2) is 7.80. The molecule has 3 heterocycles. The number of thiophene rings is 1. The molecule has 2 aromatic rings. The molecule has 0 amide bonds. The molecular formula is C20H30N4OS. The van der Waals surface area contributed by atoms with E-state index in [1.165, 1.54) is 22.6 Å². The molecular weight excluding hydrogens is 344 g/mol. The lowest BCUT2D eigenvalue weighted by Crippen LogP contribution is -2.22. The van der Waals surface area contributed by atoms with Crippen LogP contribution in [0.2, 0.25) is 0 Å². The monoisotopic (exact) mass is 374 g/mol. The van der Waals surface area contributed by atoms with Gasteiger partial charge in [-0.25, -0.2) is 0 Å². The van der Waals surface area contributed by atoms with Gasteiger partial charge in [0.25, 0.3) is 0 Å². The van der Waals surface area contributed by atoms with E-state index in [1.807, 2.05) is 11.3 Å². The highest BCUT2D eigenvalue weighted by molar-refractivity contribution is 7.10. The van der Waals surface area contributed by atoms with Gasteiger partial charge in [-0.05, 0) is 62.4 Å². The number of aliphatic hydroxyl groups excluding tert-OH is 1. The summed E-state index contributed by atoms with van der Waals surface area (Å²) < 4.78 is 2.13. The number of aryl methyl sites for hydroxylation is 1. The molecule has 1 atom stereocenters. The van der Waals surface area contributed by atoms with Gasteiger partial charge in [0.1, 0.15) is 6.10 Å². The Morgan fingerprint density at radius 3 is 2.85 bits per heavy atom. The molecule has 142 valence electrons. The molecule has 26 heavy (non-hydrogen) atoms. The Kier molecular flexibility index (Phi) is 5.45. The molecule has 5 nitrogen and oxygen atoms in total. The molecule has 0 bridgehead atoms. The van der Waals surface area contributed by atoms with Crippen LogP contribution in [0.5, 0.6) is 0 Å². The second-order valence-corrected chi connectivity index (χ2v) is 9.14. The van der Waals surface area contributed by atoms with Gasteiger partial charge in [0, 0.05) is 37.6 Å². The van der Waals surface area contributed by atoms with E-state index in [0.29, 0.717) is 5.92 Å². The molecule has 1 N–H and O–H groups in total. The Hall–Kier alpha value is -1.21. The smallest absolute Gasteiger partial charge is 0.101 e. The number of hydrogen-bond acceptors (Lipinski definition) is 5. The fourth-order valence-electron chi connectivity index (χ4n) is 4.00. The summed E-state index contributed by atoms with van der Waals surface area (Å²) in [6, 6.07) is 4.49. The van der Waals surface area contributed by atoms with Crippen molar-refractivity contribution in [1.82, 2.24) is 19.6 Å². The summed E-state index contributed by atoms with van der Waals surface area (Å²) in [7, 11) is 4.23. The van der Waals surface area contributed by atoms with Gasteiger partial charge >= 0.3 is 0 Å². The molecule has 4 rings (SSSR count). The highest BCUT2D eigenvalue weighted by Crippen LogP contribution is 2.37. The lowest BCUT2D eigenvalue weighted by atomic mass is 9.80. The first-order valence-electron chi connectivity index (χ1n) is 9.76. The van der Waals surface area contributed by atoms with E-state index < -0.39 is 0 Å². The van der Waals surface area contributed by atoms with Crippen molar-refractivity contribution >= 4 is 11.3 Å². The first-order valence-corrected chi connectivity index (χ1v) is 10.6. The molecule has 0 saturated heterocycles. The van der Waals surface area contributed by atoms with Crippen molar-refractivity contribution in [2.75, 3.05) is 20.6 Å². The standard InChI is InChI=1S/C20H30N4OS/c1-22(2)11-15-9-18(26-14-15)13-23-7-4-8-24-17(12-23)10-19(21-24)20(25)16-5-3-6-16/h9-10,14,16,20,25H,3-8,11-13H2,1-2H3. The highest BCUT2D eigenvalue weighted by Gasteiger charge is 2.29. The van der Waals surface area contributed by atoms with Gasteiger partial charge in [0.05, 0.1) is 11.4 Å². The Balaban J connectivity index is 1.42. The van der Waals surface area contributed by atoms with Crippen molar-refractivity contribution in [3.63, 3.8) is 0 Å². The van der Waals surface area contributed by atoms with Crippen molar-refractivity contribution in [2.24, 2.45) is 5.92 Å². The van der Waals surface area contributed by atoms with Crippen LogP contribution in [0.15, 0.2) is 17.5 Å². The summed E-state index contributed by atoms with van der Waals surface area (Å²) in [6.45, 7) is 4.99. The van der Waals surface area contributed by atoms with Crippen molar-refractivity contribution in [3.8, 4) is 0 Å². The van der Waals surface area contributed by atoms with Crippen LogP contribution in [0.1, 0.15) is 53.6 Å². The molecule has 0 spiro atoms. The number of fused-ring (bicyclic) bond motifs is 1. The number of nitrogens with zero attached hydrogens (tertiary/aromatic N) is 4. The van der Waals surface area contributed by atoms with Crippen LogP contribution >= 0.6 is 11.3 Å². The first-order chi connectivity index (χ1) is 12.6. The summed E-state index contributed by atoms with van der Waals surface area (Å²) in [5.41, 5.74) is 3.54. The number of aliphatic hydroxyl groups is 1. The maximum Gasteiger partial charge on any atom is 0.101 e. The Morgan fingerprint density at radius 1 is 1.27 bits per heavy atom. The Labute approximate surface area is 160 Å². The normalized spacial score (nSPS) is 20.0. The van der Waals surface area contributed by atoms with E-state index >= 15 is 0 Å². The number of hydrogen-bond donors (Lipinski definition) is 1. The van der Waals surface area contributed by atoms with E-state index in [4.69, 9.17) is 5.10 Å². The zero-order valence-electron chi connectivity index (χ0n) is 15.9. The van der Waals surface area contributed by atoms with Crippen LogP contribution in [0.25, 0.3) is 0 Å². The predicted octanol–water partition coefficient (Wildman–Crippen LogP) is 3.25. The van der Waals surface area contributed by atoms with Crippen LogP contribution < -0.4 is 0 Å². The third-order valence-corrected chi connectivity index (χ3v) is 6.57. The summed E-state index contributed by atoms with van der Waals surface area (Å²) in [4.78, 5) is 6.17. The van der Waals surface area contributed by atoms with Crippen LogP contribution in [-0.2, 0) is 26.2 Å². The second-order valence-electron chi connectivity index (χ2n) is 8.14. The van der Waals surface area contributed by atoms with Gasteiger partial charge in [0.2, 0.25) is 0 Å². The van der Waals surface area contributed by atoms with Gasteiger partial charge in [-0.1, -0.05) is 6.42 Å². The van der Waals surface area contributed by atoms with Crippen molar-refractivity contribution in [3.05, 3.63) is 39.3 Å². The number of rotatable bonds is 6. The Bertz CT molecular complexity index is 734. The molecule has 1 fully saturated rings. The SMILES string of the molecule is CN(C)Cc1csc(CN2CCCn3nc(C(O)C4CCC4)cc3C2)c1. The molecule has 1 saturated carbocycles. The maximum atomic E-state index is 10.5. The lowest BCUT2D eigenvalue weighted by molar-refractivity contribution is 0.0581. The fraction of sp³-hybridized carbons (Fsp3) is 0.650. The van der Waals surface area contributed by atoms with Crippen LogP contribution in [0.3, 0.4) is 0 Å². The third kappa shape index (κ3) is 4.03. The first kappa shape index (κ1) is 18.2. The molecule has 2 aromatic heterocycles. The summed E-state index contributed by atoms with van der Waals surface area (Å²) in [6.07, 6.45) is 4.28. The van der Waals surface area contributed by atoms with Gasteiger partial charge in [-0.2, -0.15) is 5.10 Å². The predicted molar refractivity (Wildman–Crippen MR) is 105 cm³/mol. The van der Waals surface area contributed by atoms with Gasteiger partial charge in [-0.3, -0.25) is 9.58 Å². The van der Waals surface area contributed by atoms with Crippen LogP contribution in [-0.4, -0.2) is 45.3 Å². The zero-order chi connectivity index (χ0) is 18.1. The topological polar surface area (TPSA) is 44.5 Å². The van der Waals surface area contributed by atoms with E-state index in [9.17, 15) is 5.11 Å². The Morgan fingerprint density at radius 2 is 2.12 bits per heavy atom. The average Bonchev–Trinajstić information content (AvgIpc) is 3.08. The molecule has 1 unspecified atom stereocenters. The van der Waals surface area contributed by atoms with E-state index in [-0.39, 0.29) is 6.10 Å². The molecule has 0 aromatic carbocycles. The van der Waals surface area contributed by atoms with Crippen LogP contribution in [0, 0.1) is 5.92 Å². The quantitative estimate of drug-likeness (QED) is 0.843. The van der Waals surface area contributed by atoms with E-state index in [2.05, 4.69) is 46.1 Å². The van der Waals surface area contributed by atoms with Gasteiger partial charge in [0.15, 0.2) is 0 Å². The molecule has 1 aliphatic carbocycles. The molecule has 1 aliphatic heterocycles. The van der Waals surface area contributed by atoms with E-state index in [0.717, 1.165) is 57.7 Å². The third-order valence-electron chi connectivity index (χ3n) is 5.60. The summed E-state index contributed by atoms with van der Waals surface area (Å²) >= 11 is 1.87. The van der Waals surface area contributed by atoms with E-state index in [1.54, 1.807) is 0 Å². The molecule has 6 heteroatoms. The number of aromatic nitrogens is 2. The average molecular weight is 375 g/mol. The lowest BCUT2D eigenvalue weighted by Gasteiger charge is -2.29. The van der Waals surface area contributed by atoms with Crippen LogP contribution in [0.4, 0.5) is 0 Å². The minimum Gasteiger partial charge on any atom is -0.386 e. The largest absolute Gasteiger partial charge is 0.386 e.